The minimum absolute atomic E-state index is 0. The molecule has 0 aliphatic rings. The number of aromatic nitrogens is 1. The van der Waals surface area contributed by atoms with Gasteiger partial charge in [0.1, 0.15) is 0 Å². The second kappa shape index (κ2) is 13.0. The zero-order chi connectivity index (χ0) is 7.11. The SMILES string of the molecule is CC.CNc1nccs1.S.[HH].[V]. The Hall–Kier alpha value is 0.364. The quantitative estimate of drug-likeness (QED) is 0.803. The van der Waals surface area contributed by atoms with Crippen molar-refractivity contribution in [2.45, 2.75) is 13.8 Å². The second-order valence-electron chi connectivity index (χ2n) is 1.09. The topological polar surface area (TPSA) is 24.9 Å². The zero-order valence-corrected chi connectivity index (χ0v) is 10.2. The molecule has 0 saturated carbocycles. The van der Waals surface area contributed by atoms with E-state index in [1.165, 1.54) is 0 Å². The number of hydrogen-bond acceptors (Lipinski definition) is 3. The molecule has 1 heterocycles. The number of hydrogen-bond donors (Lipinski definition) is 1. The summed E-state index contributed by atoms with van der Waals surface area (Å²) in [4.78, 5) is 3.94. The summed E-state index contributed by atoms with van der Waals surface area (Å²) in [5.41, 5.74) is 0. The summed E-state index contributed by atoms with van der Waals surface area (Å²) in [7, 11) is 1.86. The van der Waals surface area contributed by atoms with Gasteiger partial charge in [-0.25, -0.2) is 4.98 Å². The molecule has 0 aliphatic heterocycles. The predicted octanol–water partition coefficient (Wildman–Crippen LogP) is 2.57. The summed E-state index contributed by atoms with van der Waals surface area (Å²) in [5, 5.41) is 5.82. The summed E-state index contributed by atoms with van der Waals surface area (Å²) in [6.07, 6.45) is 1.77. The Kier molecular flexibility index (Phi) is 20.6. The minimum atomic E-state index is 0. The maximum atomic E-state index is 3.94. The monoisotopic (exact) mass is 231 g/mol. The van der Waals surface area contributed by atoms with Gasteiger partial charge < -0.3 is 5.32 Å². The molecule has 67 valence electrons. The van der Waals surface area contributed by atoms with E-state index >= 15 is 0 Å². The molecular formula is C6H16N2S2V. The summed E-state index contributed by atoms with van der Waals surface area (Å²) in [5.74, 6) is 0. The van der Waals surface area contributed by atoms with Crippen LogP contribution in [0.4, 0.5) is 5.13 Å². The first-order valence-corrected chi connectivity index (χ1v) is 3.88. The molecule has 0 aromatic carbocycles. The van der Waals surface area contributed by atoms with Crippen LogP contribution in [0.1, 0.15) is 15.3 Å². The van der Waals surface area contributed by atoms with E-state index in [4.69, 9.17) is 0 Å². The van der Waals surface area contributed by atoms with Crippen molar-refractivity contribution in [1.29, 1.82) is 0 Å². The van der Waals surface area contributed by atoms with Gasteiger partial charge in [0.15, 0.2) is 5.13 Å². The minimum Gasteiger partial charge on any atom is -0.365 e. The van der Waals surface area contributed by atoms with Crippen LogP contribution in [0.2, 0.25) is 0 Å². The van der Waals surface area contributed by atoms with Crippen LogP contribution < -0.4 is 5.32 Å². The van der Waals surface area contributed by atoms with Crippen LogP contribution in [0, 0.1) is 0 Å². The molecule has 1 rings (SSSR count). The Labute approximate surface area is 92.6 Å². The van der Waals surface area contributed by atoms with Crippen molar-refractivity contribution in [3.8, 4) is 0 Å². The molecule has 1 aromatic rings. The molecule has 0 bridgehead atoms. The maximum Gasteiger partial charge on any atom is 0.182 e. The van der Waals surface area contributed by atoms with Crippen LogP contribution in [-0.2, 0) is 18.6 Å². The third-order valence-electron chi connectivity index (χ3n) is 0.646. The van der Waals surface area contributed by atoms with Crippen LogP contribution in [0.3, 0.4) is 0 Å². The summed E-state index contributed by atoms with van der Waals surface area (Å²) in [6, 6.07) is 0. The van der Waals surface area contributed by atoms with Crippen LogP contribution in [0.25, 0.3) is 0 Å². The van der Waals surface area contributed by atoms with Crippen molar-refractivity contribution in [2.75, 3.05) is 12.4 Å². The fraction of sp³-hybridized carbons (Fsp3) is 0.500. The van der Waals surface area contributed by atoms with Crippen LogP contribution in [0.15, 0.2) is 11.6 Å². The fourth-order valence-corrected chi connectivity index (χ4v) is 0.837. The van der Waals surface area contributed by atoms with E-state index in [2.05, 4.69) is 10.3 Å². The van der Waals surface area contributed by atoms with Crippen molar-refractivity contribution in [3.05, 3.63) is 11.6 Å². The van der Waals surface area contributed by atoms with Crippen LogP contribution >= 0.6 is 24.8 Å². The van der Waals surface area contributed by atoms with Crippen LogP contribution in [0.5, 0.6) is 0 Å². The van der Waals surface area contributed by atoms with E-state index < -0.39 is 0 Å². The van der Waals surface area contributed by atoms with Crippen molar-refractivity contribution >= 4 is 30.0 Å². The Bertz CT molecular complexity index is 138. The third kappa shape index (κ3) is 8.27. The smallest absolute Gasteiger partial charge is 0.182 e. The molecule has 0 atom stereocenters. The molecule has 5 heteroatoms. The van der Waals surface area contributed by atoms with Gasteiger partial charge in [0.2, 0.25) is 0 Å². The Morgan fingerprint density at radius 2 is 2.09 bits per heavy atom. The average Bonchev–Trinajstić information content (AvgIpc) is 2.43. The molecule has 11 heavy (non-hydrogen) atoms. The van der Waals surface area contributed by atoms with E-state index in [1.807, 2.05) is 26.3 Å². The molecule has 0 aliphatic carbocycles. The maximum absolute atomic E-state index is 3.94. The normalized spacial score (nSPS) is 6.09. The number of nitrogens with zero attached hydrogens (tertiary/aromatic N) is 1. The molecule has 1 radical (unpaired) electrons. The number of nitrogens with one attached hydrogen (secondary N) is 1. The average molecular weight is 231 g/mol. The van der Waals surface area contributed by atoms with Crippen molar-refractivity contribution < 1.29 is 20.0 Å². The molecule has 0 unspecified atom stereocenters. The number of thiazole rings is 1. The molecule has 0 fully saturated rings. The van der Waals surface area contributed by atoms with Gasteiger partial charge in [0.25, 0.3) is 0 Å². The number of rotatable bonds is 1. The second-order valence-corrected chi connectivity index (χ2v) is 1.98. The number of anilines is 1. The zero-order valence-electron chi connectivity index (χ0n) is 6.96. The third-order valence-corrected chi connectivity index (χ3v) is 1.44. The summed E-state index contributed by atoms with van der Waals surface area (Å²) in [6.45, 7) is 4.00. The first kappa shape index (κ1) is 17.4. The predicted molar refractivity (Wildman–Crippen MR) is 55.5 cm³/mol. The van der Waals surface area contributed by atoms with Gasteiger partial charge in [0.05, 0.1) is 0 Å². The van der Waals surface area contributed by atoms with Gasteiger partial charge in [-0.3, -0.25) is 0 Å². The van der Waals surface area contributed by atoms with E-state index in [9.17, 15) is 0 Å². The molecule has 0 saturated heterocycles. The van der Waals surface area contributed by atoms with Gasteiger partial charge in [-0.1, -0.05) is 13.8 Å². The van der Waals surface area contributed by atoms with E-state index in [0.29, 0.717) is 0 Å². The van der Waals surface area contributed by atoms with Crippen molar-refractivity contribution in [2.24, 2.45) is 0 Å². The Morgan fingerprint density at radius 3 is 2.27 bits per heavy atom. The fourth-order valence-electron chi connectivity index (χ4n) is 0.347. The molecular weight excluding hydrogens is 215 g/mol. The Balaban J connectivity index is -0.0000000600. The van der Waals surface area contributed by atoms with E-state index in [0.717, 1.165) is 5.13 Å². The first-order valence-electron chi connectivity index (χ1n) is 3.00. The summed E-state index contributed by atoms with van der Waals surface area (Å²) >= 11 is 1.60. The van der Waals surface area contributed by atoms with E-state index in [-0.39, 0.29) is 33.5 Å². The first-order chi connectivity index (χ1) is 4.43. The molecule has 0 spiro atoms. The summed E-state index contributed by atoms with van der Waals surface area (Å²) < 4.78 is 0. The van der Waals surface area contributed by atoms with Gasteiger partial charge in [-0.05, 0) is 0 Å². The molecule has 1 aromatic heterocycles. The van der Waals surface area contributed by atoms with Gasteiger partial charge >= 0.3 is 0 Å². The van der Waals surface area contributed by atoms with Crippen LogP contribution in [-0.4, -0.2) is 12.0 Å². The van der Waals surface area contributed by atoms with Crippen molar-refractivity contribution in [3.63, 3.8) is 0 Å². The van der Waals surface area contributed by atoms with E-state index in [1.54, 1.807) is 17.5 Å². The standard InChI is InChI=1S/C4H6N2S.C2H6.H2S.V.H2/c1-5-4-6-2-3-7-4;1-2;;;/h2-3H,1H3,(H,5,6);1-2H3;1H2;;1H. The largest absolute Gasteiger partial charge is 0.365 e. The van der Waals surface area contributed by atoms with Crippen molar-refractivity contribution in [1.82, 2.24) is 4.98 Å². The van der Waals surface area contributed by atoms with Gasteiger partial charge in [-0.15, -0.1) is 11.3 Å². The molecule has 2 nitrogen and oxygen atoms in total. The van der Waals surface area contributed by atoms with Gasteiger partial charge in [-0.2, -0.15) is 13.5 Å². The molecule has 0 amide bonds. The van der Waals surface area contributed by atoms with Gasteiger partial charge in [0, 0.05) is 38.6 Å². The molecule has 1 N–H and O–H groups in total. The Morgan fingerprint density at radius 1 is 1.55 bits per heavy atom.